The van der Waals surface area contributed by atoms with Gasteiger partial charge in [-0.15, -0.1) is 0 Å². The van der Waals surface area contributed by atoms with Gasteiger partial charge in [-0.05, 0) is 46.5 Å². The van der Waals surface area contributed by atoms with Crippen LogP contribution in [0.25, 0.3) is 0 Å². The lowest BCUT2D eigenvalue weighted by Crippen LogP contribution is -2.10. The molecule has 0 atom stereocenters. The van der Waals surface area contributed by atoms with Crippen LogP contribution in [0.15, 0.2) is 17.0 Å². The van der Waals surface area contributed by atoms with Gasteiger partial charge in [-0.3, -0.25) is 0 Å². The Morgan fingerprint density at radius 2 is 2.11 bits per heavy atom. The number of hydrogen-bond acceptors (Lipinski definition) is 4. The number of ether oxygens (including phenoxy) is 1. The first-order valence-corrected chi connectivity index (χ1v) is 6.26. The zero-order chi connectivity index (χ0) is 13.9. The van der Waals surface area contributed by atoms with Gasteiger partial charge in [0, 0.05) is 8.47 Å². The molecule has 96 valence electrons. The van der Waals surface area contributed by atoms with Crippen molar-refractivity contribution in [2.75, 3.05) is 7.11 Å². The van der Waals surface area contributed by atoms with Crippen LogP contribution in [-0.4, -0.2) is 18.6 Å². The molecule has 18 heavy (non-hydrogen) atoms. The van der Waals surface area contributed by atoms with Crippen LogP contribution in [0.5, 0.6) is 0 Å². The van der Waals surface area contributed by atoms with Gasteiger partial charge >= 0.3 is 11.5 Å². The molecule has 3 nitrogen and oxygen atoms in total. The minimum Gasteiger partial charge on any atom is -0.465 e. The largest absolute Gasteiger partial charge is 0.465 e. The summed E-state index contributed by atoms with van der Waals surface area (Å²) < 4.78 is 42.0. The Kier molecular flexibility index (Phi) is 4.86. The molecule has 0 radical (unpaired) electrons. The number of carbonyl (C=O) groups excluding carboxylic acids is 1. The minimum atomic E-state index is -4.58. The van der Waals surface area contributed by atoms with Gasteiger partial charge < -0.3 is 4.74 Å². The lowest BCUT2D eigenvalue weighted by atomic mass is 10.1. The molecule has 1 aromatic rings. The summed E-state index contributed by atoms with van der Waals surface area (Å²) in [7, 11) is 1.07. The molecule has 0 aliphatic carbocycles. The molecule has 1 rings (SSSR count). The molecule has 0 bridgehead atoms. The third-order valence-corrected chi connectivity index (χ3v) is 3.59. The number of esters is 1. The van der Waals surface area contributed by atoms with Crippen LogP contribution in [0.3, 0.4) is 0 Å². The number of nitrogens with zero attached hydrogens (tertiary/aromatic N) is 1. The van der Waals surface area contributed by atoms with Crippen molar-refractivity contribution in [3.8, 4) is 6.07 Å². The number of benzene rings is 1. The van der Waals surface area contributed by atoms with Gasteiger partial charge in [-0.1, -0.05) is 0 Å². The Hall–Kier alpha value is -0.950. The number of hydrogen-bond donors (Lipinski definition) is 0. The molecule has 0 aliphatic heterocycles. The average molecular weight is 387 g/mol. The maximum absolute atomic E-state index is 12.4. The highest BCUT2D eigenvalue weighted by molar-refractivity contribution is 14.1. The second-order valence-electron chi connectivity index (χ2n) is 2.95. The Morgan fingerprint density at radius 3 is 2.56 bits per heavy atom. The van der Waals surface area contributed by atoms with Crippen molar-refractivity contribution in [1.82, 2.24) is 0 Å². The van der Waals surface area contributed by atoms with Crippen molar-refractivity contribution >= 4 is 40.3 Å². The summed E-state index contributed by atoms with van der Waals surface area (Å²) in [5.41, 5.74) is -5.03. The average Bonchev–Trinajstić information content (AvgIpc) is 2.27. The number of carbonyl (C=O) groups is 1. The minimum absolute atomic E-state index is 0.210. The van der Waals surface area contributed by atoms with E-state index >= 15 is 0 Å². The van der Waals surface area contributed by atoms with Gasteiger partial charge in [-0.2, -0.15) is 18.4 Å². The second-order valence-corrected chi connectivity index (χ2v) is 5.19. The highest BCUT2D eigenvalue weighted by Gasteiger charge is 2.34. The third kappa shape index (κ3) is 3.52. The number of methoxy groups -OCH3 is 1. The summed E-state index contributed by atoms with van der Waals surface area (Å²) in [6.45, 7) is 0. The topological polar surface area (TPSA) is 50.1 Å². The highest BCUT2D eigenvalue weighted by atomic mass is 127. The Bertz CT molecular complexity index is 525. The van der Waals surface area contributed by atoms with Crippen molar-refractivity contribution < 1.29 is 22.7 Å². The van der Waals surface area contributed by atoms with E-state index in [1.165, 1.54) is 12.1 Å². The van der Waals surface area contributed by atoms with Crippen LogP contribution in [0.4, 0.5) is 13.2 Å². The number of rotatable bonds is 2. The zero-order valence-corrected chi connectivity index (χ0v) is 11.8. The van der Waals surface area contributed by atoms with E-state index in [4.69, 9.17) is 5.26 Å². The van der Waals surface area contributed by atoms with Gasteiger partial charge in [0.1, 0.15) is 6.07 Å². The summed E-state index contributed by atoms with van der Waals surface area (Å²) in [6.07, 6.45) is 0. The molecule has 0 unspecified atom stereocenters. The van der Waals surface area contributed by atoms with Crippen molar-refractivity contribution in [1.29, 1.82) is 5.26 Å². The van der Waals surface area contributed by atoms with Crippen molar-refractivity contribution in [2.24, 2.45) is 0 Å². The number of nitriles is 1. The van der Waals surface area contributed by atoms with Crippen LogP contribution < -0.4 is 0 Å². The first-order valence-electron chi connectivity index (χ1n) is 4.36. The molecule has 0 fully saturated rings. The predicted molar refractivity (Wildman–Crippen MR) is 67.1 cm³/mol. The van der Waals surface area contributed by atoms with Gasteiger partial charge in [0.05, 0.1) is 18.2 Å². The fourth-order valence-electron chi connectivity index (χ4n) is 1.16. The Morgan fingerprint density at radius 1 is 1.50 bits per heavy atom. The molecule has 0 aromatic heterocycles. The molecule has 0 spiro atoms. The number of halogens is 4. The summed E-state index contributed by atoms with van der Waals surface area (Å²) in [4.78, 5) is 11.1. The first kappa shape index (κ1) is 15.1. The molecule has 0 saturated heterocycles. The highest BCUT2D eigenvalue weighted by Crippen LogP contribution is 2.41. The fraction of sp³-hybridized carbons (Fsp3) is 0.200. The second kappa shape index (κ2) is 5.79. The molecule has 0 N–H and O–H groups in total. The normalized spacial score (nSPS) is 10.9. The Labute approximate surface area is 118 Å². The van der Waals surface area contributed by atoms with E-state index in [0.29, 0.717) is 3.57 Å². The maximum atomic E-state index is 12.4. The van der Waals surface area contributed by atoms with Crippen molar-refractivity contribution in [2.45, 2.75) is 10.4 Å². The summed E-state index contributed by atoms with van der Waals surface area (Å²) in [5.74, 6) is -0.900. The Balaban J connectivity index is 3.47. The molecular formula is C10H5F3INO2S. The van der Waals surface area contributed by atoms with Crippen LogP contribution in [0.2, 0.25) is 0 Å². The summed E-state index contributed by atoms with van der Waals surface area (Å²) in [6, 6.07) is 4.27. The van der Waals surface area contributed by atoms with E-state index in [-0.39, 0.29) is 11.1 Å². The van der Waals surface area contributed by atoms with Crippen LogP contribution in [0.1, 0.15) is 15.9 Å². The van der Waals surface area contributed by atoms with E-state index in [1.54, 1.807) is 28.7 Å². The first-order chi connectivity index (χ1) is 8.30. The molecule has 0 saturated carbocycles. The smallest absolute Gasteiger partial charge is 0.446 e. The van der Waals surface area contributed by atoms with Crippen LogP contribution in [-0.2, 0) is 4.74 Å². The molecule has 8 heteroatoms. The van der Waals surface area contributed by atoms with Crippen LogP contribution in [0, 0.1) is 14.9 Å². The van der Waals surface area contributed by atoms with Crippen LogP contribution >= 0.6 is 34.4 Å². The van der Waals surface area contributed by atoms with E-state index < -0.39 is 28.1 Å². The number of thioether (sulfide) groups is 1. The third-order valence-electron chi connectivity index (χ3n) is 1.83. The molecule has 0 aliphatic rings. The standard InChI is InChI=1S/C10H5F3INO2S/c1-17-9(16)7-6(14)3-2-5(4-15)8(7)18-10(11,12)13/h2-3H,1H3. The van der Waals surface area contributed by atoms with Gasteiger partial charge in [0.2, 0.25) is 0 Å². The maximum Gasteiger partial charge on any atom is 0.446 e. The predicted octanol–water partition coefficient (Wildman–Crippen LogP) is 3.56. The summed E-state index contributed by atoms with van der Waals surface area (Å²) >= 11 is 1.23. The molecular weight excluding hydrogens is 382 g/mol. The van der Waals surface area contributed by atoms with E-state index in [0.717, 1.165) is 7.11 Å². The van der Waals surface area contributed by atoms with Crippen molar-refractivity contribution in [3.63, 3.8) is 0 Å². The SMILES string of the molecule is COC(=O)c1c(I)ccc(C#N)c1SC(F)(F)F. The molecule has 0 heterocycles. The molecule has 1 aromatic carbocycles. The van der Waals surface area contributed by atoms with Gasteiger partial charge in [0.15, 0.2) is 0 Å². The lowest BCUT2D eigenvalue weighted by Gasteiger charge is -2.12. The van der Waals surface area contributed by atoms with E-state index in [1.807, 2.05) is 0 Å². The fourth-order valence-corrected chi connectivity index (χ4v) is 2.76. The monoisotopic (exact) mass is 387 g/mol. The molecule has 0 amide bonds. The van der Waals surface area contributed by atoms with Gasteiger partial charge in [0.25, 0.3) is 0 Å². The quantitative estimate of drug-likeness (QED) is 0.443. The number of alkyl halides is 3. The zero-order valence-electron chi connectivity index (χ0n) is 8.84. The summed E-state index contributed by atoms with van der Waals surface area (Å²) in [5, 5.41) is 8.80. The van der Waals surface area contributed by atoms with Gasteiger partial charge in [-0.25, -0.2) is 4.79 Å². The lowest BCUT2D eigenvalue weighted by molar-refractivity contribution is -0.0328. The van der Waals surface area contributed by atoms with Crippen molar-refractivity contribution in [3.05, 3.63) is 26.8 Å². The van der Waals surface area contributed by atoms with E-state index in [9.17, 15) is 18.0 Å². The van der Waals surface area contributed by atoms with E-state index in [2.05, 4.69) is 4.74 Å².